The first-order valence-corrected chi connectivity index (χ1v) is 4.77. The van der Waals surface area contributed by atoms with E-state index in [-0.39, 0.29) is 0 Å². The Balaban J connectivity index is 3.32. The highest BCUT2D eigenvalue weighted by Gasteiger charge is 2.17. The van der Waals surface area contributed by atoms with Crippen molar-refractivity contribution in [1.82, 2.24) is 0 Å². The highest BCUT2D eigenvalue weighted by Crippen LogP contribution is 2.38. The van der Waals surface area contributed by atoms with Crippen LogP contribution < -0.4 is 19.9 Å². The van der Waals surface area contributed by atoms with Gasteiger partial charge in [-0.1, -0.05) is 0 Å². The van der Waals surface area contributed by atoms with Crippen molar-refractivity contribution in [3.63, 3.8) is 0 Å². The number of alkyl halides is 1. The van der Waals surface area contributed by atoms with Crippen LogP contribution in [0.2, 0.25) is 0 Å². The number of hydrogen-bond donors (Lipinski definition) is 1. The second kappa shape index (κ2) is 5.09. The van der Waals surface area contributed by atoms with E-state index in [1.165, 1.54) is 14.2 Å². The van der Waals surface area contributed by atoms with E-state index < -0.39 is 5.50 Å². The summed E-state index contributed by atoms with van der Waals surface area (Å²) in [5, 5.41) is 0. The molecule has 5 heteroatoms. The monoisotopic (exact) mass is 231 g/mol. The maximum atomic E-state index is 5.84. The van der Waals surface area contributed by atoms with Gasteiger partial charge in [-0.3, -0.25) is 0 Å². The normalized spacial score (nSPS) is 12.1. The van der Waals surface area contributed by atoms with Gasteiger partial charge < -0.3 is 19.9 Å². The van der Waals surface area contributed by atoms with E-state index in [2.05, 4.69) is 0 Å². The summed E-state index contributed by atoms with van der Waals surface area (Å²) < 4.78 is 15.4. The summed E-state index contributed by atoms with van der Waals surface area (Å²) in [6, 6.07) is 3.42. The zero-order valence-electron chi connectivity index (χ0n) is 8.91. The van der Waals surface area contributed by atoms with Crippen molar-refractivity contribution in [1.29, 1.82) is 0 Å². The summed E-state index contributed by atoms with van der Waals surface area (Å²) in [4.78, 5) is 0. The molecule has 2 N–H and O–H groups in total. The lowest BCUT2D eigenvalue weighted by Gasteiger charge is -2.16. The van der Waals surface area contributed by atoms with Crippen molar-refractivity contribution in [3.8, 4) is 17.2 Å². The summed E-state index contributed by atoms with van der Waals surface area (Å²) in [5.41, 5.74) is 5.56. The standard InChI is InChI=1S/C10H14ClNO3/c1-13-6-4-7(14-2)9(10(11)12)8(5-6)15-3/h4-5,10H,12H2,1-3H3. The summed E-state index contributed by atoms with van der Waals surface area (Å²) >= 11 is 5.84. The average Bonchev–Trinajstić information content (AvgIpc) is 2.26. The molecule has 0 bridgehead atoms. The molecule has 1 atom stereocenters. The third kappa shape index (κ3) is 2.46. The van der Waals surface area contributed by atoms with Crippen molar-refractivity contribution >= 4 is 11.6 Å². The van der Waals surface area contributed by atoms with Gasteiger partial charge >= 0.3 is 0 Å². The zero-order valence-corrected chi connectivity index (χ0v) is 9.67. The molecule has 0 aliphatic heterocycles. The minimum Gasteiger partial charge on any atom is -0.496 e. The zero-order chi connectivity index (χ0) is 11.4. The summed E-state index contributed by atoms with van der Waals surface area (Å²) in [6.45, 7) is 0. The maximum Gasteiger partial charge on any atom is 0.132 e. The second-order valence-electron chi connectivity index (χ2n) is 2.85. The summed E-state index contributed by atoms with van der Waals surface area (Å²) in [7, 11) is 4.64. The number of hydrogen-bond acceptors (Lipinski definition) is 4. The number of methoxy groups -OCH3 is 3. The SMILES string of the molecule is COc1cc(OC)c(C(N)Cl)c(OC)c1. The van der Waals surface area contributed by atoms with Gasteiger partial charge in [0.15, 0.2) is 0 Å². The predicted molar refractivity (Wildman–Crippen MR) is 58.9 cm³/mol. The molecule has 15 heavy (non-hydrogen) atoms. The Morgan fingerprint density at radius 2 is 1.53 bits per heavy atom. The van der Waals surface area contributed by atoms with Gasteiger partial charge in [-0.2, -0.15) is 0 Å². The van der Waals surface area contributed by atoms with Gasteiger partial charge in [0.05, 0.1) is 26.9 Å². The lowest BCUT2D eigenvalue weighted by atomic mass is 10.1. The van der Waals surface area contributed by atoms with Gasteiger partial charge in [-0.15, -0.1) is 11.6 Å². The number of ether oxygens (including phenoxy) is 3. The molecule has 0 saturated heterocycles. The molecule has 0 radical (unpaired) electrons. The van der Waals surface area contributed by atoms with Crippen LogP contribution in [0.3, 0.4) is 0 Å². The Labute approximate surface area is 93.9 Å². The fourth-order valence-electron chi connectivity index (χ4n) is 1.30. The van der Waals surface area contributed by atoms with E-state index in [1.807, 2.05) is 0 Å². The van der Waals surface area contributed by atoms with Gasteiger partial charge in [-0.05, 0) is 0 Å². The van der Waals surface area contributed by atoms with Crippen LogP contribution in [0.4, 0.5) is 0 Å². The Bertz CT molecular complexity index is 316. The predicted octanol–water partition coefficient (Wildman–Crippen LogP) is 1.91. The van der Waals surface area contributed by atoms with Gasteiger partial charge in [0.2, 0.25) is 0 Å². The Hall–Kier alpha value is -1.13. The molecule has 1 unspecified atom stereocenters. The molecule has 1 aromatic rings. The smallest absolute Gasteiger partial charge is 0.132 e. The lowest BCUT2D eigenvalue weighted by molar-refractivity contribution is 0.368. The lowest BCUT2D eigenvalue weighted by Crippen LogP contribution is -2.07. The molecule has 1 rings (SSSR count). The third-order valence-electron chi connectivity index (χ3n) is 2.03. The fraction of sp³-hybridized carbons (Fsp3) is 0.400. The highest BCUT2D eigenvalue weighted by atomic mass is 35.5. The molecule has 0 amide bonds. The quantitative estimate of drug-likeness (QED) is 0.635. The molecule has 84 valence electrons. The third-order valence-corrected chi connectivity index (χ3v) is 2.25. The first-order valence-electron chi connectivity index (χ1n) is 4.33. The van der Waals surface area contributed by atoms with Crippen LogP contribution in [0.25, 0.3) is 0 Å². The first kappa shape index (κ1) is 11.9. The maximum absolute atomic E-state index is 5.84. The summed E-state index contributed by atoms with van der Waals surface area (Å²) in [6.07, 6.45) is 0. The van der Waals surface area contributed by atoms with Crippen molar-refractivity contribution in [3.05, 3.63) is 17.7 Å². The fourth-order valence-corrected chi connectivity index (χ4v) is 1.52. The summed E-state index contributed by atoms with van der Waals surface area (Å²) in [5.74, 6) is 1.73. The molecule has 0 fully saturated rings. The minimum absolute atomic E-state index is 0.550. The molecule has 0 spiro atoms. The van der Waals surface area contributed by atoms with E-state index in [1.54, 1.807) is 19.2 Å². The number of halogens is 1. The average molecular weight is 232 g/mol. The topological polar surface area (TPSA) is 53.7 Å². The van der Waals surface area contributed by atoms with Crippen molar-refractivity contribution in [2.45, 2.75) is 5.50 Å². The van der Waals surface area contributed by atoms with Gasteiger partial charge in [0.1, 0.15) is 22.7 Å². The Morgan fingerprint density at radius 3 is 1.80 bits per heavy atom. The molecule has 4 nitrogen and oxygen atoms in total. The van der Waals surface area contributed by atoms with E-state index in [9.17, 15) is 0 Å². The molecule has 0 aliphatic carbocycles. The Morgan fingerprint density at radius 1 is 1.07 bits per heavy atom. The van der Waals surface area contributed by atoms with Crippen LogP contribution in [0.5, 0.6) is 17.2 Å². The van der Waals surface area contributed by atoms with Crippen molar-refractivity contribution < 1.29 is 14.2 Å². The Kier molecular flexibility index (Phi) is 4.05. The second-order valence-corrected chi connectivity index (χ2v) is 3.32. The van der Waals surface area contributed by atoms with Crippen LogP contribution in [-0.2, 0) is 0 Å². The van der Waals surface area contributed by atoms with Crippen LogP contribution in [0.15, 0.2) is 12.1 Å². The van der Waals surface area contributed by atoms with Gasteiger partial charge in [0.25, 0.3) is 0 Å². The molecule has 0 aromatic heterocycles. The van der Waals surface area contributed by atoms with Crippen molar-refractivity contribution in [2.24, 2.45) is 5.73 Å². The molecular weight excluding hydrogens is 218 g/mol. The molecule has 0 heterocycles. The van der Waals surface area contributed by atoms with Crippen molar-refractivity contribution in [2.75, 3.05) is 21.3 Å². The molecule has 0 aliphatic rings. The van der Waals surface area contributed by atoms with E-state index in [0.29, 0.717) is 22.8 Å². The number of rotatable bonds is 4. The van der Waals surface area contributed by atoms with Crippen LogP contribution in [0, 0.1) is 0 Å². The van der Waals surface area contributed by atoms with E-state index >= 15 is 0 Å². The van der Waals surface area contributed by atoms with Crippen LogP contribution in [0.1, 0.15) is 11.1 Å². The number of benzene rings is 1. The van der Waals surface area contributed by atoms with Gasteiger partial charge in [0, 0.05) is 12.1 Å². The highest BCUT2D eigenvalue weighted by molar-refractivity contribution is 6.20. The number of nitrogens with two attached hydrogens (primary N) is 1. The molecule has 1 aromatic carbocycles. The first-order chi connectivity index (χ1) is 7.13. The molecule has 0 saturated carbocycles. The largest absolute Gasteiger partial charge is 0.496 e. The van der Waals surface area contributed by atoms with Gasteiger partial charge in [-0.25, -0.2) is 0 Å². The van der Waals surface area contributed by atoms with E-state index in [4.69, 9.17) is 31.5 Å². The van der Waals surface area contributed by atoms with Crippen LogP contribution >= 0.6 is 11.6 Å². The van der Waals surface area contributed by atoms with E-state index in [0.717, 1.165) is 0 Å². The molecular formula is C10H14ClNO3. The minimum atomic E-state index is -0.680. The van der Waals surface area contributed by atoms with Crippen LogP contribution in [-0.4, -0.2) is 21.3 Å².